The topological polar surface area (TPSA) is 45.5 Å². The van der Waals surface area contributed by atoms with E-state index in [9.17, 15) is 4.79 Å². The van der Waals surface area contributed by atoms with E-state index in [-0.39, 0.29) is 0 Å². The van der Waals surface area contributed by atoms with Gasteiger partial charge in [0.1, 0.15) is 0 Å². The Hall–Kier alpha value is -1.29. The Balaban J connectivity index is 1.62. The summed E-state index contributed by atoms with van der Waals surface area (Å²) in [5.74, 6) is -0.295. The molecule has 4 nitrogen and oxygen atoms in total. The Kier molecular flexibility index (Phi) is 5.65. The van der Waals surface area contributed by atoms with Crippen molar-refractivity contribution < 1.29 is 9.90 Å². The zero-order valence-corrected chi connectivity index (χ0v) is 12.4. The van der Waals surface area contributed by atoms with Crippen LogP contribution in [0, 0.1) is 5.92 Å². The molecule has 0 bridgehead atoms. The number of nitrogens with zero attached hydrogens (tertiary/aromatic N) is 2. The number of likely N-dealkylation sites (tertiary alicyclic amines) is 1. The number of carbonyl (C=O) groups is 1. The molecule has 0 aliphatic carbocycles. The van der Waals surface area contributed by atoms with Crippen molar-refractivity contribution in [2.45, 2.75) is 38.5 Å². The molecule has 1 N–H and O–H groups in total. The Morgan fingerprint density at radius 2 is 2.30 bits per heavy atom. The Morgan fingerprint density at radius 1 is 1.45 bits per heavy atom. The van der Waals surface area contributed by atoms with Gasteiger partial charge in [-0.25, -0.2) is 0 Å². The minimum atomic E-state index is -0.652. The molecule has 0 spiro atoms. The number of rotatable bonds is 7. The van der Waals surface area contributed by atoms with Crippen molar-refractivity contribution >= 4 is 5.97 Å². The van der Waals surface area contributed by atoms with Crippen LogP contribution >= 0.6 is 0 Å². The summed E-state index contributed by atoms with van der Waals surface area (Å²) in [5.41, 5.74) is 1.41. The Labute approximate surface area is 121 Å². The van der Waals surface area contributed by atoms with Gasteiger partial charge in [0.25, 0.3) is 0 Å². The molecular weight excluding hydrogens is 252 g/mol. The van der Waals surface area contributed by atoms with Crippen LogP contribution in [0.25, 0.3) is 0 Å². The molecule has 0 aromatic carbocycles. The molecule has 1 atom stereocenters. The van der Waals surface area contributed by atoms with Crippen molar-refractivity contribution in [3.8, 4) is 0 Å². The predicted octanol–water partition coefficient (Wildman–Crippen LogP) is 2.53. The van der Waals surface area contributed by atoms with Crippen molar-refractivity contribution in [2.24, 2.45) is 13.0 Å². The SMILES string of the molecule is Cn1ccc(CCCCN2CCCC(CC(=O)O)C2)c1. The molecule has 112 valence electrons. The Morgan fingerprint density at radius 3 is 3.00 bits per heavy atom. The van der Waals surface area contributed by atoms with Crippen molar-refractivity contribution in [1.29, 1.82) is 0 Å². The molecule has 0 saturated carbocycles. The van der Waals surface area contributed by atoms with E-state index in [1.165, 1.54) is 18.4 Å². The highest BCUT2D eigenvalue weighted by Gasteiger charge is 2.21. The number of piperidine rings is 1. The normalized spacial score (nSPS) is 20.1. The molecule has 1 aromatic heterocycles. The fourth-order valence-electron chi connectivity index (χ4n) is 3.14. The summed E-state index contributed by atoms with van der Waals surface area (Å²) in [4.78, 5) is 13.2. The molecule has 2 heterocycles. The lowest BCUT2D eigenvalue weighted by molar-refractivity contribution is -0.138. The van der Waals surface area contributed by atoms with E-state index in [0.29, 0.717) is 12.3 Å². The maximum absolute atomic E-state index is 10.8. The highest BCUT2D eigenvalue weighted by atomic mass is 16.4. The number of carboxylic acid groups (broad SMARTS) is 1. The molecule has 1 saturated heterocycles. The lowest BCUT2D eigenvalue weighted by Crippen LogP contribution is -2.36. The quantitative estimate of drug-likeness (QED) is 0.780. The van der Waals surface area contributed by atoms with E-state index in [0.717, 1.165) is 38.9 Å². The number of aryl methyl sites for hydroxylation is 2. The minimum Gasteiger partial charge on any atom is -0.481 e. The van der Waals surface area contributed by atoms with E-state index in [1.807, 2.05) is 0 Å². The van der Waals surface area contributed by atoms with Gasteiger partial charge in [0.05, 0.1) is 0 Å². The summed E-state index contributed by atoms with van der Waals surface area (Å²) in [6.45, 7) is 3.22. The molecule has 1 fully saturated rings. The smallest absolute Gasteiger partial charge is 0.303 e. The molecule has 1 aliphatic rings. The molecule has 20 heavy (non-hydrogen) atoms. The van der Waals surface area contributed by atoms with Gasteiger partial charge in [-0.2, -0.15) is 0 Å². The highest BCUT2D eigenvalue weighted by molar-refractivity contribution is 5.67. The maximum Gasteiger partial charge on any atom is 0.303 e. The molecular formula is C16H26N2O2. The van der Waals surface area contributed by atoms with Crippen LogP contribution < -0.4 is 0 Å². The van der Waals surface area contributed by atoms with Crippen molar-refractivity contribution in [2.75, 3.05) is 19.6 Å². The number of carboxylic acids is 1. The summed E-state index contributed by atoms with van der Waals surface area (Å²) in [6, 6.07) is 2.18. The van der Waals surface area contributed by atoms with E-state index < -0.39 is 5.97 Å². The van der Waals surface area contributed by atoms with Crippen molar-refractivity contribution in [3.05, 3.63) is 24.0 Å². The van der Waals surface area contributed by atoms with Crippen molar-refractivity contribution in [1.82, 2.24) is 9.47 Å². The zero-order chi connectivity index (χ0) is 14.4. The first-order chi connectivity index (χ1) is 9.63. The summed E-state index contributed by atoms with van der Waals surface area (Å²) >= 11 is 0. The second-order valence-corrected chi connectivity index (χ2v) is 6.05. The fourth-order valence-corrected chi connectivity index (χ4v) is 3.14. The standard InChI is InChI=1S/C16H26N2O2/c1-17-10-7-14(12-17)5-2-3-8-18-9-4-6-15(13-18)11-16(19)20/h7,10,12,15H,2-6,8-9,11,13H2,1H3,(H,19,20). The predicted molar refractivity (Wildman–Crippen MR) is 79.8 cm³/mol. The average molecular weight is 278 g/mol. The number of hydrogen-bond acceptors (Lipinski definition) is 2. The number of aliphatic carboxylic acids is 1. The van der Waals surface area contributed by atoms with Gasteiger partial charge in [0.15, 0.2) is 0 Å². The molecule has 0 radical (unpaired) electrons. The largest absolute Gasteiger partial charge is 0.481 e. The van der Waals surface area contributed by atoms with Crippen LogP contribution in [0.5, 0.6) is 0 Å². The second kappa shape index (κ2) is 7.48. The van der Waals surface area contributed by atoms with Crippen LogP contribution in [0.2, 0.25) is 0 Å². The molecule has 1 unspecified atom stereocenters. The van der Waals surface area contributed by atoms with Gasteiger partial charge in [0, 0.05) is 32.4 Å². The van der Waals surface area contributed by atoms with Crippen LogP contribution in [-0.2, 0) is 18.3 Å². The van der Waals surface area contributed by atoms with Gasteiger partial charge in [-0.3, -0.25) is 4.79 Å². The second-order valence-electron chi connectivity index (χ2n) is 6.05. The summed E-state index contributed by atoms with van der Waals surface area (Å²) in [7, 11) is 2.06. The van der Waals surface area contributed by atoms with Crippen LogP contribution in [0.3, 0.4) is 0 Å². The van der Waals surface area contributed by atoms with Gasteiger partial charge in [-0.05, 0) is 62.7 Å². The zero-order valence-electron chi connectivity index (χ0n) is 12.4. The summed E-state index contributed by atoms with van der Waals surface area (Å²) in [5, 5.41) is 8.87. The average Bonchev–Trinajstić information content (AvgIpc) is 2.80. The fraction of sp³-hybridized carbons (Fsp3) is 0.688. The number of hydrogen-bond donors (Lipinski definition) is 1. The number of aromatic nitrogens is 1. The first kappa shape index (κ1) is 15.1. The van der Waals surface area contributed by atoms with E-state index in [4.69, 9.17) is 5.11 Å². The third-order valence-corrected chi connectivity index (χ3v) is 4.15. The first-order valence-corrected chi connectivity index (χ1v) is 7.68. The van der Waals surface area contributed by atoms with Crippen molar-refractivity contribution in [3.63, 3.8) is 0 Å². The van der Waals surface area contributed by atoms with E-state index >= 15 is 0 Å². The van der Waals surface area contributed by atoms with Gasteiger partial charge in [-0.15, -0.1) is 0 Å². The maximum atomic E-state index is 10.8. The van der Waals surface area contributed by atoms with E-state index in [1.54, 1.807) is 0 Å². The highest BCUT2D eigenvalue weighted by Crippen LogP contribution is 2.20. The monoisotopic (exact) mass is 278 g/mol. The van der Waals surface area contributed by atoms with Crippen LogP contribution in [0.15, 0.2) is 18.5 Å². The van der Waals surface area contributed by atoms with Gasteiger partial charge in [0.2, 0.25) is 0 Å². The van der Waals surface area contributed by atoms with Gasteiger partial charge >= 0.3 is 5.97 Å². The minimum absolute atomic E-state index is 0.334. The van der Waals surface area contributed by atoms with Gasteiger partial charge < -0.3 is 14.6 Å². The summed E-state index contributed by atoms with van der Waals surface area (Å²) in [6.07, 6.45) is 10.4. The molecule has 0 amide bonds. The third-order valence-electron chi connectivity index (χ3n) is 4.15. The summed E-state index contributed by atoms with van der Waals surface area (Å²) < 4.78 is 2.09. The number of unbranched alkanes of at least 4 members (excludes halogenated alkanes) is 1. The lowest BCUT2D eigenvalue weighted by Gasteiger charge is -2.32. The molecule has 1 aromatic rings. The molecule has 4 heteroatoms. The molecule has 2 rings (SSSR count). The molecule has 1 aliphatic heterocycles. The first-order valence-electron chi connectivity index (χ1n) is 7.68. The van der Waals surface area contributed by atoms with E-state index in [2.05, 4.69) is 35.0 Å². The van der Waals surface area contributed by atoms with Gasteiger partial charge in [-0.1, -0.05) is 0 Å². The van der Waals surface area contributed by atoms with Crippen LogP contribution in [0.4, 0.5) is 0 Å². The Bertz CT molecular complexity index is 428. The third kappa shape index (κ3) is 5.00. The van der Waals surface area contributed by atoms with Crippen LogP contribution in [0.1, 0.15) is 37.7 Å². The lowest BCUT2D eigenvalue weighted by atomic mass is 9.94. The van der Waals surface area contributed by atoms with Crippen LogP contribution in [-0.4, -0.2) is 40.2 Å².